The summed E-state index contributed by atoms with van der Waals surface area (Å²) in [5, 5.41) is 0. The second-order valence-electron chi connectivity index (χ2n) is 5.51. The summed E-state index contributed by atoms with van der Waals surface area (Å²) >= 11 is 1.16. The fourth-order valence-electron chi connectivity index (χ4n) is 2.49. The number of carbonyl (C=O) groups excluding carboxylic acids is 2. The molecule has 0 saturated carbocycles. The van der Waals surface area contributed by atoms with Crippen LogP contribution >= 0.6 is 11.8 Å². The van der Waals surface area contributed by atoms with Crippen molar-refractivity contribution in [1.82, 2.24) is 9.21 Å². The summed E-state index contributed by atoms with van der Waals surface area (Å²) in [6, 6.07) is 5.23. The van der Waals surface area contributed by atoms with Crippen molar-refractivity contribution in [2.75, 3.05) is 44.3 Å². The maximum absolute atomic E-state index is 13.8. The minimum absolute atomic E-state index is 0.0984. The number of amides is 1. The fourth-order valence-corrected chi connectivity index (χ4v) is 4.68. The van der Waals surface area contributed by atoms with Crippen LogP contribution in [0.3, 0.4) is 0 Å². The Labute approximate surface area is 156 Å². The predicted molar refractivity (Wildman–Crippen MR) is 95.7 cm³/mol. The number of rotatable bonds is 7. The molecule has 1 aliphatic rings. The van der Waals surface area contributed by atoms with E-state index in [0.717, 1.165) is 17.8 Å². The molecule has 0 aliphatic carbocycles. The number of nitrogens with zero attached hydrogens (tertiary/aromatic N) is 2. The lowest BCUT2D eigenvalue weighted by Crippen LogP contribution is -2.51. The van der Waals surface area contributed by atoms with E-state index >= 15 is 0 Å². The number of sulfonamides is 1. The van der Waals surface area contributed by atoms with Crippen molar-refractivity contribution in [3.63, 3.8) is 0 Å². The zero-order valence-corrected chi connectivity index (χ0v) is 16.0. The molecule has 1 aromatic carbocycles. The number of halogens is 1. The van der Waals surface area contributed by atoms with Gasteiger partial charge in [0.2, 0.25) is 15.9 Å². The van der Waals surface area contributed by atoms with Crippen LogP contribution in [0.15, 0.2) is 29.2 Å². The van der Waals surface area contributed by atoms with Crippen molar-refractivity contribution in [3.8, 4) is 0 Å². The van der Waals surface area contributed by atoms with Gasteiger partial charge >= 0.3 is 5.97 Å². The maximum atomic E-state index is 13.8. The quantitative estimate of drug-likeness (QED) is 0.630. The fraction of sp³-hybridized carbons (Fsp3) is 0.500. The van der Waals surface area contributed by atoms with Gasteiger partial charge in [-0.15, -0.1) is 11.8 Å². The minimum atomic E-state index is -3.92. The van der Waals surface area contributed by atoms with Crippen molar-refractivity contribution < 1.29 is 27.1 Å². The molecule has 144 valence electrons. The first kappa shape index (κ1) is 20.7. The van der Waals surface area contributed by atoms with Gasteiger partial charge in [-0.2, -0.15) is 4.31 Å². The van der Waals surface area contributed by atoms with Crippen LogP contribution in [0.2, 0.25) is 0 Å². The van der Waals surface area contributed by atoms with E-state index < -0.39 is 15.8 Å². The van der Waals surface area contributed by atoms with Crippen LogP contribution in [0, 0.1) is 5.82 Å². The van der Waals surface area contributed by atoms with Gasteiger partial charge in [-0.25, -0.2) is 12.8 Å². The third-order valence-electron chi connectivity index (χ3n) is 3.80. The van der Waals surface area contributed by atoms with Crippen LogP contribution in [0.5, 0.6) is 0 Å². The van der Waals surface area contributed by atoms with Crippen LogP contribution in [0.25, 0.3) is 0 Å². The highest BCUT2D eigenvalue weighted by atomic mass is 32.2. The molecule has 2 rings (SSSR count). The molecule has 26 heavy (non-hydrogen) atoms. The molecule has 10 heteroatoms. The second-order valence-corrected chi connectivity index (χ2v) is 8.41. The third kappa shape index (κ3) is 5.18. The summed E-state index contributed by atoms with van der Waals surface area (Å²) in [6.07, 6.45) is 0. The smallest absolute Gasteiger partial charge is 0.315 e. The van der Waals surface area contributed by atoms with E-state index in [4.69, 9.17) is 4.74 Å². The summed E-state index contributed by atoms with van der Waals surface area (Å²) in [5.41, 5.74) is 0. The average molecular weight is 404 g/mol. The van der Waals surface area contributed by atoms with Crippen LogP contribution in [-0.4, -0.2) is 73.8 Å². The van der Waals surface area contributed by atoms with Crippen molar-refractivity contribution in [2.24, 2.45) is 0 Å². The number of hydrogen-bond acceptors (Lipinski definition) is 6. The lowest BCUT2D eigenvalue weighted by Gasteiger charge is -2.34. The normalized spacial score (nSPS) is 15.7. The highest BCUT2D eigenvalue weighted by Gasteiger charge is 2.31. The summed E-state index contributed by atoms with van der Waals surface area (Å²) < 4.78 is 44.8. The number of thioether (sulfide) groups is 1. The van der Waals surface area contributed by atoms with Crippen molar-refractivity contribution in [1.29, 1.82) is 0 Å². The first-order valence-electron chi connectivity index (χ1n) is 8.12. The number of hydrogen-bond donors (Lipinski definition) is 0. The summed E-state index contributed by atoms with van der Waals surface area (Å²) in [6.45, 7) is 2.67. The monoisotopic (exact) mass is 404 g/mol. The highest BCUT2D eigenvalue weighted by Crippen LogP contribution is 2.20. The molecule has 1 aliphatic heterocycles. The van der Waals surface area contributed by atoms with Gasteiger partial charge in [0.05, 0.1) is 18.1 Å². The van der Waals surface area contributed by atoms with Gasteiger partial charge in [0.15, 0.2) is 0 Å². The molecule has 0 bridgehead atoms. The molecule has 1 fully saturated rings. The Kier molecular flexibility index (Phi) is 7.42. The van der Waals surface area contributed by atoms with Crippen LogP contribution in [-0.2, 0) is 24.3 Å². The van der Waals surface area contributed by atoms with Gasteiger partial charge in [0.1, 0.15) is 10.7 Å². The van der Waals surface area contributed by atoms with Gasteiger partial charge in [-0.05, 0) is 19.1 Å². The van der Waals surface area contributed by atoms with E-state index in [1.54, 1.807) is 11.8 Å². The van der Waals surface area contributed by atoms with Gasteiger partial charge in [-0.1, -0.05) is 12.1 Å². The lowest BCUT2D eigenvalue weighted by atomic mass is 10.3. The first-order valence-corrected chi connectivity index (χ1v) is 10.7. The number of esters is 1. The Morgan fingerprint density at radius 1 is 1.15 bits per heavy atom. The minimum Gasteiger partial charge on any atom is -0.465 e. The molecule has 0 spiro atoms. The van der Waals surface area contributed by atoms with Crippen molar-refractivity contribution in [2.45, 2.75) is 11.8 Å². The molecule has 0 atom stereocenters. The van der Waals surface area contributed by atoms with Gasteiger partial charge < -0.3 is 9.64 Å². The number of piperazine rings is 1. The van der Waals surface area contributed by atoms with Crippen LogP contribution in [0.1, 0.15) is 6.92 Å². The van der Waals surface area contributed by atoms with E-state index in [-0.39, 0.29) is 54.5 Å². The zero-order chi connectivity index (χ0) is 19.2. The summed E-state index contributed by atoms with van der Waals surface area (Å²) in [7, 11) is -3.92. The Hall–Kier alpha value is -1.65. The Morgan fingerprint density at radius 2 is 1.81 bits per heavy atom. The molecule has 1 saturated heterocycles. The standard InChI is InChI=1S/C16H21FN2O5S2/c1-2-24-16(21)12-25-11-15(20)18-7-9-19(10-8-18)26(22,23)14-6-4-3-5-13(14)17/h3-6H,2,7-12H2,1H3. The summed E-state index contributed by atoms with van der Waals surface area (Å²) in [5.74, 6) is -1.10. The molecular weight excluding hydrogens is 383 g/mol. The van der Waals surface area contributed by atoms with E-state index in [0.29, 0.717) is 6.61 Å². The highest BCUT2D eigenvalue weighted by molar-refractivity contribution is 8.00. The van der Waals surface area contributed by atoms with E-state index in [1.807, 2.05) is 0 Å². The summed E-state index contributed by atoms with van der Waals surface area (Å²) in [4.78, 5) is 24.6. The average Bonchev–Trinajstić information content (AvgIpc) is 2.62. The van der Waals surface area contributed by atoms with Crippen LogP contribution < -0.4 is 0 Å². The molecule has 0 unspecified atom stereocenters. The van der Waals surface area contributed by atoms with Gasteiger partial charge in [-0.3, -0.25) is 9.59 Å². The molecular formula is C16H21FN2O5S2. The van der Waals surface area contributed by atoms with Crippen molar-refractivity contribution in [3.05, 3.63) is 30.1 Å². The molecule has 0 N–H and O–H groups in total. The Bertz CT molecular complexity index is 749. The van der Waals surface area contributed by atoms with Gasteiger partial charge in [0, 0.05) is 26.2 Å². The lowest BCUT2D eigenvalue weighted by molar-refractivity contribution is -0.139. The number of carbonyl (C=O) groups is 2. The Morgan fingerprint density at radius 3 is 2.42 bits per heavy atom. The molecule has 1 heterocycles. The van der Waals surface area contributed by atoms with E-state index in [2.05, 4.69) is 0 Å². The Balaban J connectivity index is 1.86. The number of benzene rings is 1. The van der Waals surface area contributed by atoms with Crippen molar-refractivity contribution >= 4 is 33.7 Å². The molecule has 0 radical (unpaired) electrons. The second kappa shape index (κ2) is 9.33. The van der Waals surface area contributed by atoms with Crippen LogP contribution in [0.4, 0.5) is 4.39 Å². The largest absolute Gasteiger partial charge is 0.465 e. The third-order valence-corrected chi connectivity index (χ3v) is 6.62. The van der Waals surface area contributed by atoms with E-state index in [9.17, 15) is 22.4 Å². The van der Waals surface area contributed by atoms with E-state index in [1.165, 1.54) is 22.5 Å². The molecule has 7 nitrogen and oxygen atoms in total. The SMILES string of the molecule is CCOC(=O)CSCC(=O)N1CCN(S(=O)(=O)c2ccccc2F)CC1. The first-order chi connectivity index (χ1) is 12.4. The zero-order valence-electron chi connectivity index (χ0n) is 14.4. The molecule has 1 aromatic rings. The predicted octanol–water partition coefficient (Wildman–Crippen LogP) is 0.955. The maximum Gasteiger partial charge on any atom is 0.315 e. The number of ether oxygens (including phenoxy) is 1. The molecule has 1 amide bonds. The van der Waals surface area contributed by atoms with Gasteiger partial charge in [0.25, 0.3) is 0 Å². The topological polar surface area (TPSA) is 84.0 Å². The molecule has 0 aromatic heterocycles.